The van der Waals surface area contributed by atoms with Crippen LogP contribution in [0.3, 0.4) is 0 Å². The maximum atomic E-state index is 11.1. The van der Waals surface area contributed by atoms with Crippen LogP contribution in [0.4, 0.5) is 0 Å². The lowest BCUT2D eigenvalue weighted by atomic mass is 10.0. The molecule has 1 heterocycles. The van der Waals surface area contributed by atoms with Crippen LogP contribution in [0.1, 0.15) is 20.3 Å². The van der Waals surface area contributed by atoms with Crippen molar-refractivity contribution in [2.45, 2.75) is 25.8 Å². The van der Waals surface area contributed by atoms with Gasteiger partial charge >= 0.3 is 0 Å². The van der Waals surface area contributed by atoms with Crippen molar-refractivity contribution in [2.75, 3.05) is 51.3 Å². The molecule has 18 heavy (non-hydrogen) atoms. The molecule has 0 radical (unpaired) electrons. The van der Waals surface area contributed by atoms with E-state index >= 15 is 0 Å². The van der Waals surface area contributed by atoms with Crippen LogP contribution < -0.4 is 5.73 Å². The summed E-state index contributed by atoms with van der Waals surface area (Å²) in [4.78, 5) is 4.76. The topological polar surface area (TPSA) is 66.6 Å². The molecule has 0 atom stereocenters. The molecule has 108 valence electrons. The summed E-state index contributed by atoms with van der Waals surface area (Å²) in [5, 5.41) is 0. The van der Waals surface area contributed by atoms with Gasteiger partial charge in [0.1, 0.15) is 9.84 Å². The fourth-order valence-electron chi connectivity index (χ4n) is 2.26. The van der Waals surface area contributed by atoms with Gasteiger partial charge in [0.25, 0.3) is 0 Å². The second-order valence-electron chi connectivity index (χ2n) is 5.83. The van der Waals surface area contributed by atoms with Crippen molar-refractivity contribution in [3.8, 4) is 0 Å². The lowest BCUT2D eigenvalue weighted by Gasteiger charge is -2.43. The van der Waals surface area contributed by atoms with Crippen molar-refractivity contribution in [1.29, 1.82) is 0 Å². The van der Waals surface area contributed by atoms with Gasteiger partial charge in [-0.25, -0.2) is 8.42 Å². The molecule has 0 amide bonds. The molecule has 0 aromatic rings. The molecule has 1 aliphatic heterocycles. The van der Waals surface area contributed by atoms with E-state index in [-0.39, 0.29) is 5.54 Å². The molecule has 0 unspecified atom stereocenters. The highest BCUT2D eigenvalue weighted by molar-refractivity contribution is 7.90. The predicted octanol–water partition coefficient (Wildman–Crippen LogP) is -0.224. The first-order chi connectivity index (χ1) is 8.24. The molecular formula is C12H27N3O2S. The van der Waals surface area contributed by atoms with E-state index in [1.54, 1.807) is 0 Å². The lowest BCUT2D eigenvalue weighted by Crippen LogP contribution is -2.57. The minimum atomic E-state index is -2.82. The third-order valence-electron chi connectivity index (χ3n) is 3.72. The monoisotopic (exact) mass is 277 g/mol. The molecule has 0 aromatic carbocycles. The quantitative estimate of drug-likeness (QED) is 0.727. The minimum absolute atomic E-state index is 0.0683. The van der Waals surface area contributed by atoms with E-state index in [1.165, 1.54) is 6.26 Å². The summed E-state index contributed by atoms with van der Waals surface area (Å²) in [7, 11) is -2.82. The first-order valence-corrected chi connectivity index (χ1v) is 8.66. The van der Waals surface area contributed by atoms with Crippen molar-refractivity contribution < 1.29 is 8.42 Å². The Morgan fingerprint density at radius 2 is 1.72 bits per heavy atom. The molecule has 0 aromatic heterocycles. The highest BCUT2D eigenvalue weighted by atomic mass is 32.2. The molecule has 1 saturated heterocycles. The molecule has 0 spiro atoms. The average Bonchev–Trinajstić information content (AvgIpc) is 2.28. The fourth-order valence-corrected chi connectivity index (χ4v) is 2.91. The Morgan fingerprint density at radius 1 is 1.17 bits per heavy atom. The van der Waals surface area contributed by atoms with E-state index in [1.807, 2.05) is 0 Å². The van der Waals surface area contributed by atoms with Gasteiger partial charge in [-0.2, -0.15) is 0 Å². The fraction of sp³-hybridized carbons (Fsp3) is 1.00. The Bertz CT molecular complexity index is 346. The molecule has 0 saturated carbocycles. The average molecular weight is 277 g/mol. The van der Waals surface area contributed by atoms with Crippen LogP contribution in [0.2, 0.25) is 0 Å². The van der Waals surface area contributed by atoms with E-state index in [9.17, 15) is 8.42 Å². The van der Waals surface area contributed by atoms with Crippen LogP contribution in [-0.2, 0) is 9.84 Å². The van der Waals surface area contributed by atoms with Crippen LogP contribution in [-0.4, -0.2) is 75.0 Å². The van der Waals surface area contributed by atoms with Gasteiger partial charge in [0.2, 0.25) is 0 Å². The normalized spacial score (nSPS) is 20.2. The predicted molar refractivity (Wildman–Crippen MR) is 75.5 cm³/mol. The lowest BCUT2D eigenvalue weighted by molar-refractivity contribution is 0.0570. The Kier molecular flexibility index (Phi) is 5.58. The Morgan fingerprint density at radius 3 is 2.17 bits per heavy atom. The summed E-state index contributed by atoms with van der Waals surface area (Å²) in [5.41, 5.74) is 5.85. The van der Waals surface area contributed by atoms with Gasteiger partial charge in [-0.3, -0.25) is 4.90 Å². The molecule has 5 nitrogen and oxygen atoms in total. The van der Waals surface area contributed by atoms with Gasteiger partial charge < -0.3 is 10.6 Å². The number of rotatable bonds is 6. The first-order valence-electron chi connectivity index (χ1n) is 6.60. The highest BCUT2D eigenvalue weighted by Crippen LogP contribution is 2.15. The zero-order valence-corrected chi connectivity index (χ0v) is 12.7. The summed E-state index contributed by atoms with van der Waals surface area (Å²) in [5.74, 6) is 0.293. The number of nitrogens with zero attached hydrogens (tertiary/aromatic N) is 2. The van der Waals surface area contributed by atoms with Crippen LogP contribution in [0, 0.1) is 0 Å². The summed E-state index contributed by atoms with van der Waals surface area (Å²) < 4.78 is 22.1. The number of piperazine rings is 1. The van der Waals surface area contributed by atoms with Gasteiger partial charge in [0, 0.05) is 44.5 Å². The molecule has 0 bridgehead atoms. The van der Waals surface area contributed by atoms with E-state index < -0.39 is 9.84 Å². The number of sulfone groups is 1. The van der Waals surface area contributed by atoms with Gasteiger partial charge in [0.05, 0.1) is 5.75 Å². The van der Waals surface area contributed by atoms with Gasteiger partial charge in [0.15, 0.2) is 0 Å². The molecule has 0 aliphatic carbocycles. The molecule has 1 aliphatic rings. The largest absolute Gasteiger partial charge is 0.329 e. The third-order valence-corrected chi connectivity index (χ3v) is 4.75. The van der Waals surface area contributed by atoms with E-state index in [4.69, 9.17) is 5.73 Å². The third kappa shape index (κ3) is 5.22. The summed E-state index contributed by atoms with van der Waals surface area (Å²) in [6.07, 6.45) is 2.04. The number of nitrogens with two attached hydrogens (primary N) is 1. The molecular weight excluding hydrogens is 250 g/mol. The maximum absolute atomic E-state index is 11.1. The number of hydrogen-bond donors (Lipinski definition) is 1. The minimum Gasteiger partial charge on any atom is -0.329 e. The Labute approximate surface area is 111 Å². The molecule has 1 fully saturated rings. The van der Waals surface area contributed by atoms with Crippen molar-refractivity contribution in [3.05, 3.63) is 0 Å². The van der Waals surface area contributed by atoms with Gasteiger partial charge in [-0.05, 0) is 26.8 Å². The highest BCUT2D eigenvalue weighted by Gasteiger charge is 2.28. The van der Waals surface area contributed by atoms with Crippen LogP contribution in [0.25, 0.3) is 0 Å². The summed E-state index contributed by atoms with van der Waals surface area (Å²) in [6.45, 7) is 9.94. The summed E-state index contributed by atoms with van der Waals surface area (Å²) in [6, 6.07) is 0. The van der Waals surface area contributed by atoms with Crippen LogP contribution in [0.15, 0.2) is 0 Å². The van der Waals surface area contributed by atoms with Crippen molar-refractivity contribution >= 4 is 9.84 Å². The van der Waals surface area contributed by atoms with Crippen LogP contribution >= 0.6 is 0 Å². The Hall–Kier alpha value is -0.170. The second kappa shape index (κ2) is 6.32. The maximum Gasteiger partial charge on any atom is 0.147 e. The van der Waals surface area contributed by atoms with Gasteiger partial charge in [-0.1, -0.05) is 0 Å². The zero-order valence-electron chi connectivity index (χ0n) is 11.9. The van der Waals surface area contributed by atoms with E-state index in [0.29, 0.717) is 12.3 Å². The summed E-state index contributed by atoms with van der Waals surface area (Å²) >= 11 is 0. The smallest absolute Gasteiger partial charge is 0.147 e. The molecule has 1 rings (SSSR count). The van der Waals surface area contributed by atoms with Crippen LogP contribution in [0.5, 0.6) is 0 Å². The SMILES string of the molecule is CC(C)(CN)N1CCN(CCCS(C)(=O)=O)CC1. The van der Waals surface area contributed by atoms with E-state index in [2.05, 4.69) is 23.6 Å². The standard InChI is InChI=1S/C12H27N3O2S/c1-12(2,11-13)15-8-6-14(7-9-15)5-4-10-18(3,16)17/h4-11,13H2,1-3H3. The number of hydrogen-bond acceptors (Lipinski definition) is 5. The second-order valence-corrected chi connectivity index (χ2v) is 8.09. The molecule has 6 heteroatoms. The van der Waals surface area contributed by atoms with Gasteiger partial charge in [-0.15, -0.1) is 0 Å². The Balaban J connectivity index is 2.28. The van der Waals surface area contributed by atoms with Crippen molar-refractivity contribution in [2.24, 2.45) is 5.73 Å². The van der Waals surface area contributed by atoms with Crippen molar-refractivity contribution in [3.63, 3.8) is 0 Å². The first kappa shape index (κ1) is 15.9. The zero-order chi connectivity index (χ0) is 13.8. The van der Waals surface area contributed by atoms with E-state index in [0.717, 1.165) is 39.1 Å². The van der Waals surface area contributed by atoms with Crippen molar-refractivity contribution in [1.82, 2.24) is 9.80 Å². The molecule has 2 N–H and O–H groups in total.